The van der Waals surface area contributed by atoms with Crippen molar-refractivity contribution in [3.8, 4) is 0 Å². The molecule has 2 heterocycles. The molecule has 1 saturated heterocycles. The number of amides is 1. The molecular formula is C16H18ClN5O. The van der Waals surface area contributed by atoms with Crippen molar-refractivity contribution >= 4 is 29.1 Å². The minimum absolute atomic E-state index is 0.259. The molecule has 3 rings (SSSR count). The van der Waals surface area contributed by atoms with E-state index in [9.17, 15) is 4.79 Å². The predicted octanol–water partition coefficient (Wildman–Crippen LogP) is 2.13. The Morgan fingerprint density at radius 2 is 1.83 bits per heavy atom. The number of nitrogens with one attached hydrogen (secondary N) is 1. The van der Waals surface area contributed by atoms with E-state index in [0.717, 1.165) is 26.2 Å². The van der Waals surface area contributed by atoms with Gasteiger partial charge in [-0.2, -0.15) is 0 Å². The molecule has 6 nitrogen and oxygen atoms in total. The molecule has 1 aliphatic rings. The lowest BCUT2D eigenvalue weighted by molar-refractivity contribution is 0.102. The second-order valence-electron chi connectivity index (χ2n) is 5.49. The zero-order valence-electron chi connectivity index (χ0n) is 12.9. The molecule has 2 aromatic rings. The largest absolute Gasteiger partial charge is 0.338 e. The lowest BCUT2D eigenvalue weighted by Gasteiger charge is -2.32. The summed E-state index contributed by atoms with van der Waals surface area (Å²) >= 11 is 5.84. The number of likely N-dealkylation sites (N-methyl/N-ethyl adjacent to an activating group) is 1. The molecule has 1 N–H and O–H groups in total. The monoisotopic (exact) mass is 331 g/mol. The van der Waals surface area contributed by atoms with Gasteiger partial charge in [-0.15, -0.1) is 0 Å². The van der Waals surface area contributed by atoms with Gasteiger partial charge in [0.25, 0.3) is 5.91 Å². The van der Waals surface area contributed by atoms with Crippen LogP contribution in [0.5, 0.6) is 0 Å². The standard InChI is InChI=1S/C16H18ClN5O/c1-21-8-10-22(11-9-21)16-18-7-6-14(20-16)15(23)19-13-4-2-12(17)3-5-13/h2-7H,8-11H2,1H3,(H,19,23). The number of hydrogen-bond acceptors (Lipinski definition) is 5. The molecule has 0 bridgehead atoms. The van der Waals surface area contributed by atoms with Crippen LogP contribution in [0.2, 0.25) is 5.02 Å². The number of anilines is 2. The highest BCUT2D eigenvalue weighted by molar-refractivity contribution is 6.30. The molecule has 0 aliphatic carbocycles. The summed E-state index contributed by atoms with van der Waals surface area (Å²) in [6.07, 6.45) is 1.62. The van der Waals surface area contributed by atoms with Crippen LogP contribution in [0.25, 0.3) is 0 Å². The van der Waals surface area contributed by atoms with Crippen molar-refractivity contribution in [2.45, 2.75) is 0 Å². The van der Waals surface area contributed by atoms with Crippen LogP contribution in [-0.4, -0.2) is 54.0 Å². The number of carbonyl (C=O) groups excluding carboxylic acids is 1. The Balaban J connectivity index is 1.71. The third kappa shape index (κ3) is 3.97. The van der Waals surface area contributed by atoms with Crippen molar-refractivity contribution in [3.05, 3.63) is 47.2 Å². The Kier molecular flexibility index (Phi) is 4.73. The molecule has 1 aliphatic heterocycles. The smallest absolute Gasteiger partial charge is 0.274 e. The maximum atomic E-state index is 12.3. The summed E-state index contributed by atoms with van der Waals surface area (Å²) < 4.78 is 0. The fourth-order valence-corrected chi connectivity index (χ4v) is 2.49. The molecule has 1 fully saturated rings. The minimum atomic E-state index is -0.259. The van der Waals surface area contributed by atoms with Gasteiger partial charge in [0.1, 0.15) is 5.69 Å². The first kappa shape index (κ1) is 15.7. The highest BCUT2D eigenvalue weighted by atomic mass is 35.5. The Bertz CT molecular complexity index is 683. The van der Waals surface area contributed by atoms with Crippen molar-refractivity contribution < 1.29 is 4.79 Å². The molecule has 7 heteroatoms. The average Bonchev–Trinajstić information content (AvgIpc) is 2.58. The zero-order chi connectivity index (χ0) is 16.2. The zero-order valence-corrected chi connectivity index (χ0v) is 13.6. The summed E-state index contributed by atoms with van der Waals surface area (Å²) in [5.41, 5.74) is 1.03. The van der Waals surface area contributed by atoms with E-state index in [0.29, 0.717) is 22.4 Å². The summed E-state index contributed by atoms with van der Waals surface area (Å²) in [7, 11) is 2.09. The number of rotatable bonds is 3. The molecule has 1 aromatic heterocycles. The van der Waals surface area contributed by atoms with Crippen LogP contribution in [0.3, 0.4) is 0 Å². The molecule has 1 aromatic carbocycles. The lowest BCUT2D eigenvalue weighted by atomic mass is 10.3. The van der Waals surface area contributed by atoms with E-state index in [-0.39, 0.29) is 5.91 Å². The number of halogens is 1. The van der Waals surface area contributed by atoms with Gasteiger partial charge in [0.05, 0.1) is 0 Å². The van der Waals surface area contributed by atoms with Crippen molar-refractivity contribution in [1.82, 2.24) is 14.9 Å². The second-order valence-corrected chi connectivity index (χ2v) is 5.93. The van der Waals surface area contributed by atoms with Gasteiger partial charge in [-0.25, -0.2) is 9.97 Å². The average molecular weight is 332 g/mol. The first-order valence-electron chi connectivity index (χ1n) is 7.45. The number of carbonyl (C=O) groups is 1. The van der Waals surface area contributed by atoms with Crippen molar-refractivity contribution in [2.24, 2.45) is 0 Å². The Hall–Kier alpha value is -2.18. The van der Waals surface area contributed by atoms with Gasteiger partial charge in [-0.1, -0.05) is 11.6 Å². The third-order valence-corrected chi connectivity index (χ3v) is 4.02. The first-order chi connectivity index (χ1) is 11.1. The van der Waals surface area contributed by atoms with Gasteiger partial charge >= 0.3 is 0 Å². The van der Waals surface area contributed by atoms with E-state index in [4.69, 9.17) is 11.6 Å². The molecule has 0 spiro atoms. The second kappa shape index (κ2) is 6.93. The summed E-state index contributed by atoms with van der Waals surface area (Å²) in [5, 5.41) is 3.44. The van der Waals surface area contributed by atoms with Crippen LogP contribution >= 0.6 is 11.6 Å². The quantitative estimate of drug-likeness (QED) is 0.933. The predicted molar refractivity (Wildman–Crippen MR) is 91.1 cm³/mol. The van der Waals surface area contributed by atoms with Gasteiger partial charge in [0.15, 0.2) is 0 Å². The van der Waals surface area contributed by atoms with Gasteiger partial charge in [-0.05, 0) is 37.4 Å². The van der Waals surface area contributed by atoms with Gasteiger partial charge in [0, 0.05) is 43.1 Å². The fourth-order valence-electron chi connectivity index (χ4n) is 2.36. The van der Waals surface area contributed by atoms with Crippen LogP contribution in [0, 0.1) is 0 Å². The van der Waals surface area contributed by atoms with Gasteiger partial charge in [-0.3, -0.25) is 4.79 Å². The van der Waals surface area contributed by atoms with E-state index >= 15 is 0 Å². The van der Waals surface area contributed by atoms with E-state index in [1.165, 1.54) is 0 Å². The van der Waals surface area contributed by atoms with Crippen molar-refractivity contribution in [2.75, 3.05) is 43.4 Å². The van der Waals surface area contributed by atoms with Crippen molar-refractivity contribution in [1.29, 1.82) is 0 Å². The van der Waals surface area contributed by atoms with E-state index in [2.05, 4.69) is 32.1 Å². The summed E-state index contributed by atoms with van der Waals surface area (Å²) in [6, 6.07) is 8.58. The highest BCUT2D eigenvalue weighted by Gasteiger charge is 2.18. The summed E-state index contributed by atoms with van der Waals surface area (Å²) in [5.74, 6) is 0.340. The SMILES string of the molecule is CN1CCN(c2nccc(C(=O)Nc3ccc(Cl)cc3)n2)CC1. The highest BCUT2D eigenvalue weighted by Crippen LogP contribution is 2.15. The maximum absolute atomic E-state index is 12.3. The van der Waals surface area contributed by atoms with Gasteiger partial charge in [0.2, 0.25) is 5.95 Å². The Labute approximate surface area is 140 Å². The van der Waals surface area contributed by atoms with Gasteiger partial charge < -0.3 is 15.1 Å². The van der Waals surface area contributed by atoms with E-state index < -0.39 is 0 Å². The molecular weight excluding hydrogens is 314 g/mol. The Morgan fingerprint density at radius 1 is 1.13 bits per heavy atom. The van der Waals surface area contributed by atoms with Crippen LogP contribution in [0.15, 0.2) is 36.5 Å². The van der Waals surface area contributed by atoms with E-state index in [1.54, 1.807) is 36.5 Å². The topological polar surface area (TPSA) is 61.4 Å². The van der Waals surface area contributed by atoms with E-state index in [1.807, 2.05) is 0 Å². The van der Waals surface area contributed by atoms with Crippen molar-refractivity contribution in [3.63, 3.8) is 0 Å². The molecule has 120 valence electrons. The number of hydrogen-bond donors (Lipinski definition) is 1. The summed E-state index contributed by atoms with van der Waals surface area (Å²) in [4.78, 5) is 25.4. The minimum Gasteiger partial charge on any atom is -0.338 e. The maximum Gasteiger partial charge on any atom is 0.274 e. The molecule has 1 amide bonds. The lowest BCUT2D eigenvalue weighted by Crippen LogP contribution is -2.45. The molecule has 23 heavy (non-hydrogen) atoms. The first-order valence-corrected chi connectivity index (χ1v) is 7.83. The normalized spacial score (nSPS) is 15.5. The van der Waals surface area contributed by atoms with Crippen LogP contribution in [-0.2, 0) is 0 Å². The molecule has 0 radical (unpaired) electrons. The number of piperazine rings is 1. The molecule has 0 atom stereocenters. The Morgan fingerprint density at radius 3 is 2.52 bits per heavy atom. The third-order valence-electron chi connectivity index (χ3n) is 3.76. The number of nitrogens with zero attached hydrogens (tertiary/aromatic N) is 4. The number of aromatic nitrogens is 2. The summed E-state index contributed by atoms with van der Waals surface area (Å²) in [6.45, 7) is 3.65. The fraction of sp³-hybridized carbons (Fsp3) is 0.312. The van der Waals surface area contributed by atoms with Crippen LogP contribution < -0.4 is 10.2 Å². The molecule has 0 saturated carbocycles. The van der Waals surface area contributed by atoms with Crippen LogP contribution in [0.4, 0.5) is 11.6 Å². The van der Waals surface area contributed by atoms with Crippen LogP contribution in [0.1, 0.15) is 10.5 Å². The number of benzene rings is 1. The molecule has 0 unspecified atom stereocenters.